The third kappa shape index (κ3) is 15.6. The van der Waals surface area contributed by atoms with E-state index in [1.165, 1.54) is 55.2 Å². The van der Waals surface area contributed by atoms with Crippen molar-refractivity contribution in [1.82, 2.24) is 0 Å². The summed E-state index contributed by atoms with van der Waals surface area (Å²) in [5, 5.41) is 8.72. The summed E-state index contributed by atoms with van der Waals surface area (Å²) in [4.78, 5) is 0. The van der Waals surface area contributed by atoms with Crippen molar-refractivity contribution in [3.63, 3.8) is 0 Å². The first-order chi connectivity index (χ1) is 10.6. The lowest BCUT2D eigenvalue weighted by Gasteiger charge is -2.05. The molecule has 1 heteroatoms. The van der Waals surface area contributed by atoms with Gasteiger partial charge in [-0.3, -0.25) is 0 Å². The van der Waals surface area contributed by atoms with Crippen molar-refractivity contribution in [2.24, 2.45) is 0 Å². The van der Waals surface area contributed by atoms with Crippen LogP contribution in [0, 0.1) is 0 Å². The molecule has 0 radical (unpaired) electrons. The molecule has 22 heavy (non-hydrogen) atoms. The predicted molar refractivity (Wildman–Crippen MR) is 100 cm³/mol. The Hall–Kier alpha value is -0.820. The lowest BCUT2D eigenvalue weighted by molar-refractivity contribution is 0.341. The van der Waals surface area contributed by atoms with Gasteiger partial charge in [0.1, 0.15) is 0 Å². The maximum Gasteiger partial charge on any atom is 0.0614 e. The molecule has 0 atom stereocenters. The Morgan fingerprint density at radius 1 is 0.682 bits per heavy atom. The second kappa shape index (κ2) is 15.1. The molecular weight excluding hydrogens is 268 g/mol. The molecule has 1 aliphatic carbocycles. The largest absolute Gasteiger partial charge is 0.392 e. The van der Waals surface area contributed by atoms with Gasteiger partial charge in [0.05, 0.1) is 6.61 Å². The molecule has 0 unspecified atom stereocenters. The van der Waals surface area contributed by atoms with Crippen LogP contribution in [0.15, 0.2) is 34.9 Å². The lowest BCUT2D eigenvalue weighted by Crippen LogP contribution is -1.85. The zero-order valence-corrected chi connectivity index (χ0v) is 15.5. The van der Waals surface area contributed by atoms with Gasteiger partial charge in [0, 0.05) is 0 Å². The molecule has 1 fully saturated rings. The van der Waals surface area contributed by atoms with Gasteiger partial charge in [0.2, 0.25) is 0 Å². The summed E-state index contributed by atoms with van der Waals surface area (Å²) in [6.07, 6.45) is 19.9. The van der Waals surface area contributed by atoms with Gasteiger partial charge >= 0.3 is 0 Å². The van der Waals surface area contributed by atoms with E-state index in [4.69, 9.17) is 5.11 Å². The quantitative estimate of drug-likeness (QED) is 0.516. The van der Waals surface area contributed by atoms with Crippen LogP contribution in [0.3, 0.4) is 0 Å². The van der Waals surface area contributed by atoms with E-state index in [9.17, 15) is 0 Å². The highest BCUT2D eigenvalue weighted by Crippen LogP contribution is 2.15. The van der Waals surface area contributed by atoms with E-state index in [1.54, 1.807) is 0 Å². The third-order valence-electron chi connectivity index (χ3n) is 4.06. The molecular formula is C21H38O. The number of hydrogen-bond donors (Lipinski definition) is 1. The summed E-state index contributed by atoms with van der Waals surface area (Å²) < 4.78 is 0. The Kier molecular flexibility index (Phi) is 14.5. The van der Waals surface area contributed by atoms with Crippen molar-refractivity contribution in [1.29, 1.82) is 0 Å². The van der Waals surface area contributed by atoms with Crippen molar-refractivity contribution >= 4 is 0 Å². The van der Waals surface area contributed by atoms with Crippen LogP contribution < -0.4 is 0 Å². The van der Waals surface area contributed by atoms with Crippen molar-refractivity contribution in [3.05, 3.63) is 34.9 Å². The fraction of sp³-hybridized carbons (Fsp3) is 0.714. The highest BCUT2D eigenvalue weighted by Gasteiger charge is 1.95. The zero-order chi connectivity index (χ0) is 16.6. The van der Waals surface area contributed by atoms with Gasteiger partial charge in [-0.05, 0) is 53.4 Å². The highest BCUT2D eigenvalue weighted by atomic mass is 16.2. The summed E-state index contributed by atoms with van der Waals surface area (Å²) in [5.41, 5.74) is 4.14. The Morgan fingerprint density at radius 3 is 1.50 bits per heavy atom. The monoisotopic (exact) mass is 306 g/mol. The number of aliphatic hydroxyl groups excluding tert-OH is 1. The van der Waals surface area contributed by atoms with E-state index in [-0.39, 0.29) is 6.61 Å². The second-order valence-electron chi connectivity index (χ2n) is 6.76. The van der Waals surface area contributed by atoms with E-state index in [0.717, 1.165) is 25.7 Å². The molecule has 0 amide bonds. The van der Waals surface area contributed by atoms with Gasteiger partial charge in [0.25, 0.3) is 0 Å². The molecule has 0 spiro atoms. The maximum absolute atomic E-state index is 8.72. The van der Waals surface area contributed by atoms with Crippen molar-refractivity contribution in [3.8, 4) is 0 Å². The highest BCUT2D eigenvalue weighted by molar-refractivity contribution is 5.05. The first-order valence-electron chi connectivity index (χ1n) is 9.11. The minimum absolute atomic E-state index is 0.162. The van der Waals surface area contributed by atoms with Crippen molar-refractivity contribution in [2.75, 3.05) is 6.61 Å². The molecule has 1 aliphatic rings. The van der Waals surface area contributed by atoms with Crippen LogP contribution in [0.5, 0.6) is 0 Å². The molecule has 1 N–H and O–H groups in total. The van der Waals surface area contributed by atoms with Crippen LogP contribution in [0.1, 0.15) is 91.9 Å². The molecule has 0 saturated heterocycles. The van der Waals surface area contributed by atoms with Crippen LogP contribution in [-0.4, -0.2) is 11.7 Å². The fourth-order valence-electron chi connectivity index (χ4n) is 2.56. The minimum atomic E-state index is 0.162. The molecule has 0 aromatic rings. The molecule has 0 aromatic carbocycles. The first kappa shape index (κ1) is 21.2. The zero-order valence-electron chi connectivity index (χ0n) is 15.5. The van der Waals surface area contributed by atoms with Crippen molar-refractivity contribution < 1.29 is 5.11 Å². The Balaban J connectivity index is 0.000000604. The van der Waals surface area contributed by atoms with Gasteiger partial charge in [0.15, 0.2) is 0 Å². The molecule has 1 nitrogen and oxygen atoms in total. The average molecular weight is 307 g/mol. The van der Waals surface area contributed by atoms with E-state index in [1.807, 2.05) is 6.08 Å². The number of allylic oxidation sites excluding steroid dienone is 5. The molecule has 0 bridgehead atoms. The Labute approximate surface area is 139 Å². The average Bonchev–Trinajstić information content (AvgIpc) is 2.49. The van der Waals surface area contributed by atoms with Crippen LogP contribution in [0.25, 0.3) is 0 Å². The summed E-state index contributed by atoms with van der Waals surface area (Å²) in [7, 11) is 0. The number of rotatable bonds is 7. The number of aliphatic hydroxyl groups is 1. The maximum atomic E-state index is 8.72. The molecule has 0 aliphatic heterocycles. The van der Waals surface area contributed by atoms with Gasteiger partial charge in [-0.1, -0.05) is 73.5 Å². The predicted octanol–water partition coefficient (Wildman–Crippen LogP) is 6.74. The van der Waals surface area contributed by atoms with E-state index < -0.39 is 0 Å². The fourth-order valence-corrected chi connectivity index (χ4v) is 2.56. The molecule has 1 rings (SSSR count). The SMILES string of the molecule is C1CCCCC1.CC(C)=CCCC(C)=CCCC(C)=CCO. The van der Waals surface area contributed by atoms with Crippen LogP contribution in [-0.2, 0) is 0 Å². The normalized spacial score (nSPS) is 15.9. The van der Waals surface area contributed by atoms with Gasteiger partial charge in [-0.25, -0.2) is 0 Å². The summed E-state index contributed by atoms with van der Waals surface area (Å²) >= 11 is 0. The first-order valence-corrected chi connectivity index (χ1v) is 9.11. The van der Waals surface area contributed by atoms with Gasteiger partial charge < -0.3 is 5.11 Å². The molecule has 128 valence electrons. The van der Waals surface area contributed by atoms with E-state index in [0.29, 0.717) is 0 Å². The van der Waals surface area contributed by atoms with Crippen LogP contribution in [0.4, 0.5) is 0 Å². The Bertz CT molecular complexity index is 327. The van der Waals surface area contributed by atoms with Gasteiger partial charge in [-0.2, -0.15) is 0 Å². The van der Waals surface area contributed by atoms with Gasteiger partial charge in [-0.15, -0.1) is 0 Å². The van der Waals surface area contributed by atoms with Crippen LogP contribution >= 0.6 is 0 Å². The van der Waals surface area contributed by atoms with Crippen LogP contribution in [0.2, 0.25) is 0 Å². The molecule has 1 saturated carbocycles. The topological polar surface area (TPSA) is 20.2 Å². The van der Waals surface area contributed by atoms with E-state index in [2.05, 4.69) is 39.8 Å². The summed E-state index contributed by atoms with van der Waals surface area (Å²) in [5.74, 6) is 0. The second-order valence-corrected chi connectivity index (χ2v) is 6.76. The number of hydrogen-bond acceptors (Lipinski definition) is 1. The molecule has 0 aromatic heterocycles. The van der Waals surface area contributed by atoms with E-state index >= 15 is 0 Å². The standard InChI is InChI=1S/C15H26O.C6H12/c1-13(2)7-5-8-14(3)9-6-10-15(4)11-12-16;1-2-4-6-5-3-1/h7,9,11,16H,5-6,8,10,12H2,1-4H3;1-6H2. The minimum Gasteiger partial charge on any atom is -0.392 e. The van der Waals surface area contributed by atoms with Crippen molar-refractivity contribution in [2.45, 2.75) is 91.9 Å². The third-order valence-corrected chi connectivity index (χ3v) is 4.06. The Morgan fingerprint density at radius 2 is 1.09 bits per heavy atom. The summed E-state index contributed by atoms with van der Waals surface area (Å²) in [6.45, 7) is 8.71. The lowest BCUT2D eigenvalue weighted by atomic mass is 10.0. The smallest absolute Gasteiger partial charge is 0.0614 e. The summed E-state index contributed by atoms with van der Waals surface area (Å²) in [6, 6.07) is 0. The molecule has 0 heterocycles.